The molecule has 0 aliphatic carbocycles. The number of carbonyl (C=O) groups excluding carboxylic acids is 2. The summed E-state index contributed by atoms with van der Waals surface area (Å²) in [4.78, 5) is 37.9. The number of nitrogens with zero attached hydrogens (tertiary/aromatic N) is 1. The molecule has 0 rings (SSSR count). The van der Waals surface area contributed by atoms with Crippen LogP contribution in [0.3, 0.4) is 0 Å². The fraction of sp³-hybridized carbons (Fsp3) is 0.667. The van der Waals surface area contributed by atoms with Crippen molar-refractivity contribution in [2.75, 3.05) is 47.5 Å². The number of quaternary nitrogens is 1. The highest BCUT2D eigenvalue weighted by atomic mass is 31.2. The Balaban J connectivity index is 4.02. The Morgan fingerprint density at radius 1 is 0.378 bits per heavy atom. The number of esters is 2. The summed E-state index contributed by atoms with van der Waals surface area (Å²) in [5.74, 6) is -0.931. The lowest BCUT2D eigenvalue weighted by Gasteiger charge is -2.28. The fourth-order valence-electron chi connectivity index (χ4n) is 8.71. The first-order valence-corrected chi connectivity index (χ1v) is 34.4. The van der Waals surface area contributed by atoms with Gasteiger partial charge in [0.2, 0.25) is 0 Å². The fourth-order valence-corrected chi connectivity index (χ4v) is 9.44. The molecule has 10 heteroatoms. The third-order valence-corrected chi connectivity index (χ3v) is 14.6. The van der Waals surface area contributed by atoms with E-state index in [-0.39, 0.29) is 26.1 Å². The van der Waals surface area contributed by atoms with E-state index < -0.39 is 32.5 Å². The highest BCUT2D eigenvalue weighted by Gasteiger charge is 2.21. The van der Waals surface area contributed by atoms with E-state index in [0.29, 0.717) is 17.4 Å². The Labute approximate surface area is 504 Å². The van der Waals surface area contributed by atoms with Crippen LogP contribution < -0.4 is 4.89 Å². The van der Waals surface area contributed by atoms with Crippen LogP contribution in [0.25, 0.3) is 0 Å². The van der Waals surface area contributed by atoms with Gasteiger partial charge < -0.3 is 27.9 Å². The molecule has 0 spiro atoms. The molecule has 0 aliphatic heterocycles. The van der Waals surface area contributed by atoms with Crippen molar-refractivity contribution in [3.63, 3.8) is 0 Å². The average Bonchev–Trinajstić information content (AvgIpc) is 3.46. The molecule has 0 aromatic rings. The lowest BCUT2D eigenvalue weighted by Crippen LogP contribution is -2.37. The van der Waals surface area contributed by atoms with Crippen molar-refractivity contribution in [2.45, 2.75) is 264 Å². The van der Waals surface area contributed by atoms with Gasteiger partial charge in [0.05, 0.1) is 27.7 Å². The molecule has 0 fully saturated rings. The standard InChI is InChI=1S/C72H122NO8P/c1-6-8-10-12-14-16-18-20-22-24-26-27-28-29-30-31-32-33-34-35-36-37-38-39-40-41-42-43-44-45-47-48-50-52-54-56-58-60-62-64-71(74)78-68-70(69-80-82(76,77)79-67-66-73(3,4)5)81-72(75)65-63-61-59-57-55-53-51-49-46-25-23-21-19-17-15-13-11-9-7-2/h8-11,14-17,20-23,26-27,29-30,46,49,53,55,59,61,70H,6-7,12-13,18-19,24-25,28,31-45,47-48,50-52,54,56-58,60,62-69H2,1-5H3/b10-8-,11-9-,16-14-,17-15-,22-20-,23-21-,27-26-,30-29-,49-46-,55-53-,61-59-. The number of unbranched alkanes of at least 4 members (excludes halogenated alkanes) is 23. The molecule has 0 bridgehead atoms. The van der Waals surface area contributed by atoms with Crippen molar-refractivity contribution in [3.8, 4) is 0 Å². The minimum atomic E-state index is -4.66. The SMILES string of the molecule is CC/C=C\C/C=C\C/C=C\C/C=C\C/C=C\C/C=C\CCC(=O)OC(COC(=O)CCCCCCCCCCCCCCCCCCCCCCCCC/C=C\C/C=C\C/C=C\C/C=C\C/C=C\CC)COP(=O)([O-])OCC[N+](C)(C)C. The van der Waals surface area contributed by atoms with Gasteiger partial charge in [-0.3, -0.25) is 14.2 Å². The lowest BCUT2D eigenvalue weighted by atomic mass is 10.0. The molecule has 2 unspecified atom stereocenters. The zero-order chi connectivity index (χ0) is 59.8. The summed E-state index contributed by atoms with van der Waals surface area (Å²) in [5, 5.41) is 0. The summed E-state index contributed by atoms with van der Waals surface area (Å²) >= 11 is 0. The minimum absolute atomic E-state index is 0.0492. The number of likely N-dealkylation sites (N-methyl/N-ethyl adjacent to an activating group) is 1. The van der Waals surface area contributed by atoms with Crippen molar-refractivity contribution < 1.29 is 42.1 Å². The van der Waals surface area contributed by atoms with Gasteiger partial charge >= 0.3 is 11.9 Å². The smallest absolute Gasteiger partial charge is 0.306 e. The molecule has 0 N–H and O–H groups in total. The third-order valence-electron chi connectivity index (χ3n) is 13.7. The highest BCUT2D eigenvalue weighted by molar-refractivity contribution is 7.45. The van der Waals surface area contributed by atoms with Gasteiger partial charge in [-0.25, -0.2) is 0 Å². The van der Waals surface area contributed by atoms with E-state index in [0.717, 1.165) is 89.9 Å². The van der Waals surface area contributed by atoms with Gasteiger partial charge in [0.25, 0.3) is 7.82 Å². The third kappa shape index (κ3) is 65.3. The number of phosphoric acid groups is 1. The van der Waals surface area contributed by atoms with Crippen molar-refractivity contribution >= 4 is 19.8 Å². The number of hydrogen-bond acceptors (Lipinski definition) is 8. The maximum atomic E-state index is 12.8. The first-order chi connectivity index (χ1) is 40.0. The van der Waals surface area contributed by atoms with Crippen molar-refractivity contribution in [1.29, 1.82) is 0 Å². The van der Waals surface area contributed by atoms with E-state index in [4.69, 9.17) is 18.5 Å². The largest absolute Gasteiger partial charge is 0.756 e. The van der Waals surface area contributed by atoms with Crippen LogP contribution in [0.1, 0.15) is 258 Å². The summed E-state index contributed by atoms with van der Waals surface area (Å²) in [6, 6.07) is 0. The molecule has 9 nitrogen and oxygen atoms in total. The van der Waals surface area contributed by atoms with E-state index in [1.54, 1.807) is 0 Å². The van der Waals surface area contributed by atoms with Gasteiger partial charge in [-0.05, 0) is 96.3 Å². The first-order valence-electron chi connectivity index (χ1n) is 32.9. The van der Waals surface area contributed by atoms with E-state index >= 15 is 0 Å². The van der Waals surface area contributed by atoms with Crippen LogP contribution >= 0.6 is 7.82 Å². The number of ether oxygens (including phenoxy) is 2. The molecule has 0 amide bonds. The van der Waals surface area contributed by atoms with Crippen molar-refractivity contribution in [3.05, 3.63) is 134 Å². The summed E-state index contributed by atoms with van der Waals surface area (Å²) in [6.45, 7) is 3.93. The van der Waals surface area contributed by atoms with Crippen molar-refractivity contribution in [1.82, 2.24) is 0 Å². The number of phosphoric ester groups is 1. The van der Waals surface area contributed by atoms with E-state index in [9.17, 15) is 19.0 Å². The Morgan fingerprint density at radius 3 is 1.02 bits per heavy atom. The van der Waals surface area contributed by atoms with Crippen LogP contribution in [0.5, 0.6) is 0 Å². The molecular weight excluding hydrogens is 1040 g/mol. The molecule has 0 heterocycles. The quantitative estimate of drug-likeness (QED) is 0.0195. The predicted octanol–water partition coefficient (Wildman–Crippen LogP) is 20.6. The van der Waals surface area contributed by atoms with Crippen LogP contribution in [0.2, 0.25) is 0 Å². The second-order valence-corrected chi connectivity index (χ2v) is 24.1. The summed E-state index contributed by atoms with van der Waals surface area (Å²) in [7, 11) is 1.11. The van der Waals surface area contributed by atoms with Crippen LogP contribution in [-0.2, 0) is 32.7 Å². The number of allylic oxidation sites excluding steroid dienone is 22. The highest BCUT2D eigenvalue weighted by Crippen LogP contribution is 2.38. The van der Waals surface area contributed by atoms with Gasteiger partial charge in [-0.2, -0.15) is 0 Å². The number of rotatable bonds is 59. The maximum Gasteiger partial charge on any atom is 0.306 e. The van der Waals surface area contributed by atoms with Crippen molar-refractivity contribution in [2.24, 2.45) is 0 Å². The minimum Gasteiger partial charge on any atom is -0.756 e. The van der Waals surface area contributed by atoms with E-state index in [2.05, 4.69) is 135 Å². The summed E-state index contributed by atoms with van der Waals surface area (Å²) in [6.07, 6.45) is 89.9. The zero-order valence-corrected chi connectivity index (χ0v) is 54.0. The Kier molecular flexibility index (Phi) is 58.8. The van der Waals surface area contributed by atoms with Crippen LogP contribution in [-0.4, -0.2) is 70.0 Å². The predicted molar refractivity (Wildman–Crippen MR) is 351 cm³/mol. The average molecular weight is 1160 g/mol. The van der Waals surface area contributed by atoms with Crippen LogP contribution in [0, 0.1) is 0 Å². The second kappa shape index (κ2) is 61.7. The van der Waals surface area contributed by atoms with Crippen LogP contribution in [0.15, 0.2) is 134 Å². The topological polar surface area (TPSA) is 111 Å². The van der Waals surface area contributed by atoms with Gasteiger partial charge in [-0.1, -0.05) is 282 Å². The molecule has 0 saturated heterocycles. The molecule has 0 aliphatic rings. The number of carbonyl (C=O) groups is 2. The van der Waals surface area contributed by atoms with Gasteiger partial charge in [0.15, 0.2) is 6.10 Å². The van der Waals surface area contributed by atoms with Gasteiger partial charge in [0.1, 0.15) is 19.8 Å². The molecule has 0 saturated carbocycles. The number of hydrogen-bond donors (Lipinski definition) is 0. The maximum absolute atomic E-state index is 12.8. The van der Waals surface area contributed by atoms with E-state index in [1.165, 1.54) is 135 Å². The van der Waals surface area contributed by atoms with Crippen LogP contribution in [0.4, 0.5) is 0 Å². The molecule has 468 valence electrons. The Bertz CT molecular complexity index is 1850. The summed E-state index contributed by atoms with van der Waals surface area (Å²) < 4.78 is 34.1. The monoisotopic (exact) mass is 1160 g/mol. The molecule has 2 atom stereocenters. The summed E-state index contributed by atoms with van der Waals surface area (Å²) in [5.41, 5.74) is 0. The molecule has 0 aromatic heterocycles. The second-order valence-electron chi connectivity index (χ2n) is 22.7. The molecule has 0 aromatic carbocycles. The molecule has 82 heavy (non-hydrogen) atoms. The normalized spacial score (nSPS) is 14.1. The Morgan fingerprint density at radius 2 is 0.683 bits per heavy atom. The first kappa shape index (κ1) is 78.1. The lowest BCUT2D eigenvalue weighted by molar-refractivity contribution is -0.870. The van der Waals surface area contributed by atoms with E-state index in [1.807, 2.05) is 33.3 Å². The van der Waals surface area contributed by atoms with Gasteiger partial charge in [0, 0.05) is 12.8 Å². The van der Waals surface area contributed by atoms with Gasteiger partial charge in [-0.15, -0.1) is 0 Å². The molecular formula is C72H122NO8P. The Hall–Kier alpha value is -3.85. The zero-order valence-electron chi connectivity index (χ0n) is 53.1. The molecule has 0 radical (unpaired) electrons.